The molecule has 0 radical (unpaired) electrons. The van der Waals surface area contributed by atoms with E-state index in [0.29, 0.717) is 6.04 Å². The summed E-state index contributed by atoms with van der Waals surface area (Å²) in [5, 5.41) is 4.29. The number of hydrogen-bond acceptors (Lipinski definition) is 1. The second kappa shape index (κ2) is 6.85. The molecule has 3 heteroatoms. The van der Waals surface area contributed by atoms with Gasteiger partial charge in [-0.05, 0) is 58.5 Å². The highest BCUT2D eigenvalue weighted by atomic mass is 79.9. The average Bonchev–Trinajstić information content (AvgIpc) is 2.43. The van der Waals surface area contributed by atoms with Crippen LogP contribution in [0.25, 0.3) is 0 Å². The van der Waals surface area contributed by atoms with Crippen molar-refractivity contribution in [2.75, 3.05) is 5.32 Å². The van der Waals surface area contributed by atoms with Crippen LogP contribution in [0.4, 0.5) is 5.69 Å². The maximum Gasteiger partial charge on any atom is 0.0501 e. The Morgan fingerprint density at radius 2 is 1.81 bits per heavy atom. The summed E-state index contributed by atoms with van der Waals surface area (Å²) < 4.78 is 1.04. The Kier molecular flexibility index (Phi) is 5.34. The molecule has 0 aromatic heterocycles. The van der Waals surface area contributed by atoms with Gasteiger partial charge in [-0.2, -0.15) is 0 Å². The molecular weight excluding hydrogens is 346 g/mol. The zero-order chi connectivity index (χ0) is 15.5. The minimum absolute atomic E-state index is 0.124. The van der Waals surface area contributed by atoms with Crippen LogP contribution in [0.3, 0.4) is 0 Å². The van der Waals surface area contributed by atoms with E-state index in [1.807, 2.05) is 18.2 Å². The first-order valence-electron chi connectivity index (χ1n) is 7.15. The van der Waals surface area contributed by atoms with Gasteiger partial charge in [-0.15, -0.1) is 0 Å². The number of hydrogen-bond donors (Lipinski definition) is 1. The van der Waals surface area contributed by atoms with Crippen molar-refractivity contribution in [3.63, 3.8) is 0 Å². The van der Waals surface area contributed by atoms with E-state index in [-0.39, 0.29) is 5.41 Å². The quantitative estimate of drug-likeness (QED) is 0.657. The highest BCUT2D eigenvalue weighted by molar-refractivity contribution is 9.10. The van der Waals surface area contributed by atoms with Gasteiger partial charge in [-0.1, -0.05) is 55.8 Å². The maximum absolute atomic E-state index is 6.07. The van der Waals surface area contributed by atoms with Gasteiger partial charge in [0.25, 0.3) is 0 Å². The number of halogens is 2. The molecule has 112 valence electrons. The summed E-state index contributed by atoms with van der Waals surface area (Å²) in [5.74, 6) is 0. The van der Waals surface area contributed by atoms with E-state index in [4.69, 9.17) is 11.6 Å². The van der Waals surface area contributed by atoms with Gasteiger partial charge in [0.2, 0.25) is 0 Å². The van der Waals surface area contributed by atoms with Crippen molar-refractivity contribution in [3.05, 3.63) is 63.6 Å². The van der Waals surface area contributed by atoms with E-state index in [9.17, 15) is 0 Å². The van der Waals surface area contributed by atoms with Crippen LogP contribution in [0.1, 0.15) is 32.8 Å². The lowest BCUT2D eigenvalue weighted by Gasteiger charge is -2.30. The molecule has 1 nitrogen and oxygen atoms in total. The highest BCUT2D eigenvalue weighted by Gasteiger charge is 2.23. The first kappa shape index (κ1) is 16.4. The van der Waals surface area contributed by atoms with E-state index < -0.39 is 0 Å². The number of benzene rings is 2. The molecular formula is C18H21BrClN. The van der Waals surface area contributed by atoms with Gasteiger partial charge in [0.15, 0.2) is 0 Å². The number of rotatable bonds is 5. The molecule has 1 N–H and O–H groups in total. The summed E-state index contributed by atoms with van der Waals surface area (Å²) in [7, 11) is 0. The summed E-state index contributed by atoms with van der Waals surface area (Å²) >= 11 is 9.63. The monoisotopic (exact) mass is 365 g/mol. The molecule has 0 heterocycles. The van der Waals surface area contributed by atoms with Crippen LogP contribution >= 0.6 is 27.5 Å². The van der Waals surface area contributed by atoms with Crippen molar-refractivity contribution in [1.29, 1.82) is 0 Å². The minimum atomic E-state index is 0.124. The molecule has 0 saturated carbocycles. The third kappa shape index (κ3) is 4.49. The summed E-state index contributed by atoms with van der Waals surface area (Å²) in [6.07, 6.45) is 1.04. The van der Waals surface area contributed by atoms with Gasteiger partial charge < -0.3 is 5.32 Å². The van der Waals surface area contributed by atoms with Crippen LogP contribution in [-0.2, 0) is 5.41 Å². The van der Waals surface area contributed by atoms with Crippen LogP contribution in [0.15, 0.2) is 53.0 Å². The normalized spacial score (nSPS) is 13.0. The molecule has 2 aromatic carbocycles. The molecule has 0 aliphatic rings. The molecule has 0 aliphatic carbocycles. The Morgan fingerprint density at radius 3 is 2.48 bits per heavy atom. The van der Waals surface area contributed by atoms with Crippen molar-refractivity contribution in [2.45, 2.75) is 38.6 Å². The molecule has 1 atom stereocenters. The summed E-state index contributed by atoms with van der Waals surface area (Å²) in [6, 6.07) is 16.8. The lowest BCUT2D eigenvalue weighted by molar-refractivity contribution is 0.450. The van der Waals surface area contributed by atoms with Crippen molar-refractivity contribution in [3.8, 4) is 0 Å². The van der Waals surface area contributed by atoms with Gasteiger partial charge in [-0.3, -0.25) is 0 Å². The molecule has 2 rings (SSSR count). The Balaban J connectivity index is 2.07. The minimum Gasteiger partial charge on any atom is -0.382 e. The molecule has 0 fully saturated rings. The molecule has 0 spiro atoms. The lowest BCUT2D eigenvalue weighted by Crippen LogP contribution is -2.27. The first-order valence-corrected chi connectivity index (χ1v) is 8.33. The Morgan fingerprint density at radius 1 is 1.14 bits per heavy atom. The van der Waals surface area contributed by atoms with Gasteiger partial charge in [0.1, 0.15) is 0 Å². The SMILES string of the molecule is CC(CC(C)(C)c1ccccc1)Nc1cc(Cl)ccc1Br. The van der Waals surface area contributed by atoms with E-state index in [2.05, 4.69) is 72.3 Å². The fourth-order valence-corrected chi connectivity index (χ4v) is 3.23. The first-order chi connectivity index (χ1) is 9.88. The smallest absolute Gasteiger partial charge is 0.0501 e. The molecule has 2 aromatic rings. The van der Waals surface area contributed by atoms with Crippen molar-refractivity contribution >= 4 is 33.2 Å². The predicted molar refractivity (Wildman–Crippen MR) is 96.3 cm³/mol. The van der Waals surface area contributed by atoms with Crippen LogP contribution < -0.4 is 5.32 Å². The Labute approximate surface area is 140 Å². The van der Waals surface area contributed by atoms with Crippen LogP contribution in [0, 0.1) is 0 Å². The molecule has 0 amide bonds. The maximum atomic E-state index is 6.07. The van der Waals surface area contributed by atoms with Gasteiger partial charge >= 0.3 is 0 Å². The van der Waals surface area contributed by atoms with Gasteiger partial charge in [0.05, 0.1) is 5.69 Å². The Hall–Kier alpha value is -0.990. The van der Waals surface area contributed by atoms with E-state index in [1.165, 1.54) is 5.56 Å². The standard InChI is InChI=1S/C18H21BrClN/c1-13(21-17-11-15(20)9-10-16(17)19)12-18(2,3)14-7-5-4-6-8-14/h4-11,13,21H,12H2,1-3H3. The van der Waals surface area contributed by atoms with Gasteiger partial charge in [-0.25, -0.2) is 0 Å². The molecule has 0 bridgehead atoms. The van der Waals surface area contributed by atoms with Crippen LogP contribution in [-0.4, -0.2) is 6.04 Å². The molecule has 1 unspecified atom stereocenters. The molecule has 0 aliphatic heterocycles. The zero-order valence-electron chi connectivity index (χ0n) is 12.7. The second-order valence-corrected chi connectivity index (χ2v) is 7.41. The van der Waals surface area contributed by atoms with Crippen molar-refractivity contribution in [1.82, 2.24) is 0 Å². The lowest BCUT2D eigenvalue weighted by atomic mass is 9.79. The van der Waals surface area contributed by atoms with Crippen LogP contribution in [0.2, 0.25) is 5.02 Å². The Bertz CT molecular complexity index is 595. The largest absolute Gasteiger partial charge is 0.382 e. The highest BCUT2D eigenvalue weighted by Crippen LogP contribution is 2.31. The summed E-state index contributed by atoms with van der Waals surface area (Å²) in [4.78, 5) is 0. The van der Waals surface area contributed by atoms with Crippen molar-refractivity contribution in [2.24, 2.45) is 0 Å². The number of anilines is 1. The fraction of sp³-hybridized carbons (Fsp3) is 0.333. The fourth-order valence-electron chi connectivity index (χ4n) is 2.70. The van der Waals surface area contributed by atoms with Crippen molar-refractivity contribution < 1.29 is 0 Å². The predicted octanol–water partition coefficient (Wildman–Crippen LogP) is 6.27. The summed E-state index contributed by atoms with van der Waals surface area (Å²) in [6.45, 7) is 6.78. The van der Waals surface area contributed by atoms with E-state index in [1.54, 1.807) is 0 Å². The van der Waals surface area contributed by atoms with Crippen LogP contribution in [0.5, 0.6) is 0 Å². The van der Waals surface area contributed by atoms with E-state index in [0.717, 1.165) is 21.6 Å². The van der Waals surface area contributed by atoms with E-state index >= 15 is 0 Å². The molecule has 0 saturated heterocycles. The second-order valence-electron chi connectivity index (χ2n) is 6.12. The summed E-state index contributed by atoms with van der Waals surface area (Å²) in [5.41, 5.74) is 2.53. The number of nitrogens with one attached hydrogen (secondary N) is 1. The topological polar surface area (TPSA) is 12.0 Å². The van der Waals surface area contributed by atoms with Gasteiger partial charge in [0, 0.05) is 15.5 Å². The molecule has 21 heavy (non-hydrogen) atoms. The third-order valence-corrected chi connectivity index (χ3v) is 4.63. The average molecular weight is 367 g/mol. The third-order valence-electron chi connectivity index (χ3n) is 3.70. The zero-order valence-corrected chi connectivity index (χ0v) is 15.0.